The third kappa shape index (κ3) is 5.81. The molecule has 4 nitrogen and oxygen atoms in total. The molecule has 1 aromatic carbocycles. The molecule has 1 aliphatic carbocycles. The highest BCUT2D eigenvalue weighted by Gasteiger charge is 2.37. The predicted molar refractivity (Wildman–Crippen MR) is 111 cm³/mol. The Morgan fingerprint density at radius 2 is 1.84 bits per heavy atom. The van der Waals surface area contributed by atoms with Crippen LogP contribution in [0.3, 0.4) is 0 Å². The first-order chi connectivity index (χ1) is 14.6. The number of aromatic nitrogens is 1. The van der Waals surface area contributed by atoms with Crippen molar-refractivity contribution < 1.29 is 26.4 Å². The van der Waals surface area contributed by atoms with Crippen molar-refractivity contribution in [1.29, 1.82) is 0 Å². The van der Waals surface area contributed by atoms with Crippen LogP contribution in [0.2, 0.25) is 0 Å². The highest BCUT2D eigenvalue weighted by atomic mass is 32.2. The van der Waals surface area contributed by atoms with Crippen LogP contribution in [-0.2, 0) is 21.8 Å². The molecule has 0 amide bonds. The van der Waals surface area contributed by atoms with Gasteiger partial charge < -0.3 is 0 Å². The van der Waals surface area contributed by atoms with Crippen molar-refractivity contribution in [3.8, 4) is 0 Å². The average molecular weight is 452 g/mol. The lowest BCUT2D eigenvalue weighted by atomic mass is 9.90. The highest BCUT2D eigenvalue weighted by molar-refractivity contribution is 7.90. The molecule has 166 valence electrons. The molecule has 0 saturated carbocycles. The van der Waals surface area contributed by atoms with Gasteiger partial charge in [0.05, 0.1) is 21.9 Å². The molecule has 31 heavy (non-hydrogen) atoms. The third-order valence-corrected chi connectivity index (χ3v) is 7.09. The van der Waals surface area contributed by atoms with Crippen LogP contribution < -0.4 is 0 Å². The van der Waals surface area contributed by atoms with Crippen LogP contribution >= 0.6 is 0 Å². The number of pyridine rings is 1. The van der Waals surface area contributed by atoms with E-state index in [0.717, 1.165) is 43.9 Å². The Morgan fingerprint density at radius 3 is 2.58 bits per heavy atom. The van der Waals surface area contributed by atoms with E-state index in [0.29, 0.717) is 17.9 Å². The van der Waals surface area contributed by atoms with Crippen molar-refractivity contribution in [2.75, 3.05) is 0 Å². The van der Waals surface area contributed by atoms with Crippen LogP contribution in [0.15, 0.2) is 59.0 Å². The quantitative estimate of drug-likeness (QED) is 0.540. The number of benzene rings is 1. The Balaban J connectivity index is 1.86. The Bertz CT molecular complexity index is 1090. The molecule has 2 aromatic rings. The number of carbonyl (C=O) groups is 1. The molecule has 1 atom stereocenters. The van der Waals surface area contributed by atoms with Gasteiger partial charge in [0.2, 0.25) is 5.78 Å². The molecule has 3 rings (SSSR count). The van der Waals surface area contributed by atoms with E-state index in [1.54, 1.807) is 0 Å². The van der Waals surface area contributed by atoms with Gasteiger partial charge in [-0.1, -0.05) is 37.6 Å². The van der Waals surface area contributed by atoms with E-state index in [1.165, 1.54) is 24.3 Å². The van der Waals surface area contributed by atoms with E-state index in [4.69, 9.17) is 0 Å². The zero-order valence-corrected chi connectivity index (χ0v) is 18.0. The number of nitrogens with zero attached hydrogens (tertiary/aromatic N) is 1. The SMILES string of the molecule is CC1CC/C=C(\C(=O)c2cccc(CS(=O)(=O)c3ccccc3C(F)(F)F)n2)CCC1. The lowest BCUT2D eigenvalue weighted by Gasteiger charge is -2.15. The van der Waals surface area contributed by atoms with Crippen molar-refractivity contribution >= 4 is 15.6 Å². The fraction of sp³-hybridized carbons (Fsp3) is 0.391. The first kappa shape index (κ1) is 23.2. The summed E-state index contributed by atoms with van der Waals surface area (Å²) in [6.45, 7) is 2.18. The number of ketones is 1. The summed E-state index contributed by atoms with van der Waals surface area (Å²) in [6, 6.07) is 8.48. The largest absolute Gasteiger partial charge is 0.417 e. The molecule has 0 aliphatic heterocycles. The first-order valence-electron chi connectivity index (χ1n) is 10.2. The molecule has 1 aromatic heterocycles. The van der Waals surface area contributed by atoms with Gasteiger partial charge >= 0.3 is 6.18 Å². The normalized spacial score (nSPS) is 19.7. The summed E-state index contributed by atoms with van der Waals surface area (Å²) in [5.41, 5.74) is -0.419. The fourth-order valence-electron chi connectivity index (χ4n) is 3.73. The maximum Gasteiger partial charge on any atom is 0.417 e. The van der Waals surface area contributed by atoms with Crippen LogP contribution in [0.5, 0.6) is 0 Å². The van der Waals surface area contributed by atoms with Gasteiger partial charge in [-0.3, -0.25) is 4.79 Å². The first-order valence-corrected chi connectivity index (χ1v) is 11.8. The number of Topliss-reactive ketones (excluding diaryl/α,β-unsaturated/α-hetero) is 1. The highest BCUT2D eigenvalue weighted by Crippen LogP contribution is 2.35. The minimum absolute atomic E-state index is 0.0305. The van der Waals surface area contributed by atoms with E-state index in [9.17, 15) is 26.4 Å². The average Bonchev–Trinajstić information content (AvgIpc) is 2.69. The summed E-state index contributed by atoms with van der Waals surface area (Å²) in [4.78, 5) is 16.3. The second-order valence-corrected chi connectivity index (χ2v) is 9.86. The summed E-state index contributed by atoms with van der Waals surface area (Å²) in [7, 11) is -4.32. The minimum atomic E-state index is -4.79. The Morgan fingerprint density at radius 1 is 1.10 bits per heavy atom. The van der Waals surface area contributed by atoms with Crippen molar-refractivity contribution in [2.45, 2.75) is 55.9 Å². The standard InChI is InChI=1S/C23H24F3NO3S/c1-16-7-4-9-17(10-5-8-16)22(28)20-13-6-11-18(27-20)15-31(29,30)21-14-3-2-12-19(21)23(24,25)26/h2-3,6,9,11-14,16H,4-5,7-8,10,15H2,1H3/b17-9-. The zero-order chi connectivity index (χ0) is 22.6. The number of rotatable bonds is 5. The molecule has 0 bridgehead atoms. The lowest BCUT2D eigenvalue weighted by molar-refractivity contribution is -0.139. The van der Waals surface area contributed by atoms with Crippen LogP contribution in [-0.4, -0.2) is 19.2 Å². The Hall–Kier alpha value is -2.48. The predicted octanol–water partition coefficient (Wildman–Crippen LogP) is 5.78. The fourth-order valence-corrected chi connectivity index (χ4v) is 5.24. The van der Waals surface area contributed by atoms with Gasteiger partial charge in [0.15, 0.2) is 9.84 Å². The summed E-state index contributed by atoms with van der Waals surface area (Å²) in [5.74, 6) is -0.374. The van der Waals surface area contributed by atoms with Gasteiger partial charge in [-0.2, -0.15) is 13.2 Å². The lowest BCUT2D eigenvalue weighted by Crippen LogP contribution is -2.16. The molecule has 1 aliphatic rings. The summed E-state index contributed by atoms with van der Waals surface area (Å²) in [5, 5.41) is 0. The molecular formula is C23H24F3NO3S. The van der Waals surface area contributed by atoms with Crippen molar-refractivity contribution in [3.05, 3.63) is 71.1 Å². The number of carbonyl (C=O) groups excluding carboxylic acids is 1. The Labute approximate surface area is 180 Å². The van der Waals surface area contributed by atoms with Gasteiger partial charge in [-0.15, -0.1) is 0 Å². The van der Waals surface area contributed by atoms with E-state index < -0.39 is 32.2 Å². The van der Waals surface area contributed by atoms with Gasteiger partial charge in [0, 0.05) is 0 Å². The number of allylic oxidation sites excluding steroid dienone is 2. The summed E-state index contributed by atoms with van der Waals surface area (Å²) >= 11 is 0. The molecule has 0 saturated heterocycles. The molecule has 8 heteroatoms. The third-order valence-electron chi connectivity index (χ3n) is 5.39. The molecule has 0 fully saturated rings. The molecule has 0 N–H and O–H groups in total. The molecule has 1 heterocycles. The van der Waals surface area contributed by atoms with Crippen LogP contribution in [0.4, 0.5) is 13.2 Å². The Kier molecular flexibility index (Phi) is 6.99. The monoisotopic (exact) mass is 451 g/mol. The molecule has 0 radical (unpaired) electrons. The molecule has 0 spiro atoms. The summed E-state index contributed by atoms with van der Waals surface area (Å²) in [6.07, 6.45) is 1.48. The maximum atomic E-state index is 13.2. The van der Waals surface area contributed by atoms with Gasteiger partial charge in [-0.25, -0.2) is 13.4 Å². The van der Waals surface area contributed by atoms with Crippen LogP contribution in [0.25, 0.3) is 0 Å². The van der Waals surface area contributed by atoms with Crippen molar-refractivity contribution in [3.63, 3.8) is 0 Å². The minimum Gasteiger partial charge on any atom is -0.287 e. The number of hydrogen-bond donors (Lipinski definition) is 0. The maximum absolute atomic E-state index is 13.2. The van der Waals surface area contributed by atoms with Crippen molar-refractivity contribution in [1.82, 2.24) is 4.98 Å². The number of sulfone groups is 1. The zero-order valence-electron chi connectivity index (χ0n) is 17.2. The van der Waals surface area contributed by atoms with E-state index in [-0.39, 0.29) is 17.2 Å². The molecule has 1 unspecified atom stereocenters. The van der Waals surface area contributed by atoms with Crippen LogP contribution in [0.1, 0.15) is 60.8 Å². The van der Waals surface area contributed by atoms with Crippen molar-refractivity contribution in [2.24, 2.45) is 5.92 Å². The van der Waals surface area contributed by atoms with Crippen LogP contribution in [0, 0.1) is 5.92 Å². The number of halogens is 3. The van der Waals surface area contributed by atoms with Gasteiger partial charge in [-0.05, 0) is 61.4 Å². The second kappa shape index (κ2) is 9.34. The second-order valence-electron chi connectivity index (χ2n) is 7.90. The number of hydrogen-bond acceptors (Lipinski definition) is 4. The van der Waals surface area contributed by atoms with Gasteiger partial charge in [0.1, 0.15) is 5.69 Å². The molecular weight excluding hydrogens is 427 g/mol. The smallest absolute Gasteiger partial charge is 0.287 e. The van der Waals surface area contributed by atoms with E-state index in [1.807, 2.05) is 6.08 Å². The van der Waals surface area contributed by atoms with Gasteiger partial charge in [0.25, 0.3) is 0 Å². The summed E-state index contributed by atoms with van der Waals surface area (Å²) < 4.78 is 65.2. The van der Waals surface area contributed by atoms with E-state index >= 15 is 0 Å². The van der Waals surface area contributed by atoms with E-state index in [2.05, 4.69) is 11.9 Å². The topological polar surface area (TPSA) is 64.1 Å². The number of alkyl halides is 3.